The third-order valence-corrected chi connectivity index (χ3v) is 4.56. The number of piperazine rings is 1. The maximum absolute atomic E-state index is 9.50. The summed E-state index contributed by atoms with van der Waals surface area (Å²) >= 11 is 0. The molecule has 0 atom stereocenters. The molecule has 0 spiro atoms. The van der Waals surface area contributed by atoms with Crippen LogP contribution in [0.4, 0.5) is 0 Å². The van der Waals surface area contributed by atoms with Gasteiger partial charge in [0.15, 0.2) is 0 Å². The van der Waals surface area contributed by atoms with Gasteiger partial charge in [-0.05, 0) is 30.5 Å². The van der Waals surface area contributed by atoms with Gasteiger partial charge >= 0.3 is 0 Å². The normalized spacial score (nSPS) is 22.9. The Morgan fingerprint density at radius 1 is 1.05 bits per heavy atom. The Morgan fingerprint density at radius 2 is 1.79 bits per heavy atom. The van der Waals surface area contributed by atoms with Crippen LogP contribution in [-0.4, -0.2) is 47.1 Å². The highest BCUT2D eigenvalue weighted by molar-refractivity contribution is 5.27. The van der Waals surface area contributed by atoms with Crippen molar-refractivity contribution < 1.29 is 5.11 Å². The van der Waals surface area contributed by atoms with Gasteiger partial charge in [-0.15, -0.1) is 0 Å². The van der Waals surface area contributed by atoms with Gasteiger partial charge in [-0.2, -0.15) is 0 Å². The molecule has 0 bridgehead atoms. The molecular formula is C16H24N2O. The number of nitrogens with zero attached hydrogens (tertiary/aromatic N) is 2. The minimum atomic E-state index is 0.377. The van der Waals surface area contributed by atoms with Crippen LogP contribution in [-0.2, 0) is 6.54 Å². The molecule has 2 aliphatic rings. The lowest BCUT2D eigenvalue weighted by Crippen LogP contribution is -2.49. The molecule has 1 aromatic carbocycles. The SMILES string of the molecule is Oc1cccc(CN2CCN(C3CCCC3)CC2)c1. The third-order valence-electron chi connectivity index (χ3n) is 4.56. The quantitative estimate of drug-likeness (QED) is 0.904. The fraction of sp³-hybridized carbons (Fsp3) is 0.625. The van der Waals surface area contributed by atoms with Crippen molar-refractivity contribution in [2.24, 2.45) is 0 Å². The summed E-state index contributed by atoms with van der Waals surface area (Å²) in [5.74, 6) is 0.377. The van der Waals surface area contributed by atoms with E-state index in [2.05, 4.69) is 15.9 Å². The topological polar surface area (TPSA) is 26.7 Å². The van der Waals surface area contributed by atoms with Crippen LogP contribution >= 0.6 is 0 Å². The van der Waals surface area contributed by atoms with Crippen molar-refractivity contribution >= 4 is 0 Å². The van der Waals surface area contributed by atoms with E-state index in [1.54, 1.807) is 6.07 Å². The van der Waals surface area contributed by atoms with Gasteiger partial charge in [0.1, 0.15) is 5.75 Å². The average Bonchev–Trinajstić information content (AvgIpc) is 2.94. The van der Waals surface area contributed by atoms with Crippen LogP contribution in [0.2, 0.25) is 0 Å². The van der Waals surface area contributed by atoms with E-state index in [9.17, 15) is 5.11 Å². The lowest BCUT2D eigenvalue weighted by atomic mass is 10.1. The number of rotatable bonds is 3. The van der Waals surface area contributed by atoms with Gasteiger partial charge in [-0.1, -0.05) is 25.0 Å². The molecule has 2 fully saturated rings. The predicted octanol–water partition coefficient (Wildman–Crippen LogP) is 2.45. The van der Waals surface area contributed by atoms with Crippen molar-refractivity contribution in [1.29, 1.82) is 0 Å². The van der Waals surface area contributed by atoms with E-state index < -0.39 is 0 Å². The second kappa shape index (κ2) is 5.93. The summed E-state index contributed by atoms with van der Waals surface area (Å²) in [6, 6.07) is 8.51. The molecule has 0 amide bonds. The molecule has 1 aromatic rings. The molecule has 1 N–H and O–H groups in total. The number of phenolic OH excluding ortho intramolecular Hbond substituents is 1. The molecule has 0 aromatic heterocycles. The minimum Gasteiger partial charge on any atom is -0.508 e. The Hall–Kier alpha value is -1.06. The number of hydrogen-bond acceptors (Lipinski definition) is 3. The van der Waals surface area contributed by atoms with Crippen molar-refractivity contribution in [2.75, 3.05) is 26.2 Å². The molecule has 0 radical (unpaired) electrons. The molecule has 1 saturated carbocycles. The smallest absolute Gasteiger partial charge is 0.115 e. The first-order valence-corrected chi connectivity index (χ1v) is 7.55. The average molecular weight is 260 g/mol. The molecule has 1 saturated heterocycles. The zero-order chi connectivity index (χ0) is 13.1. The van der Waals surface area contributed by atoms with Gasteiger partial charge in [-0.25, -0.2) is 0 Å². The molecule has 1 aliphatic carbocycles. The molecule has 1 heterocycles. The first-order valence-electron chi connectivity index (χ1n) is 7.55. The molecule has 104 valence electrons. The Balaban J connectivity index is 1.50. The first kappa shape index (κ1) is 12.9. The number of benzene rings is 1. The number of phenols is 1. The number of hydrogen-bond donors (Lipinski definition) is 1. The first-order chi connectivity index (χ1) is 9.31. The largest absolute Gasteiger partial charge is 0.508 e. The highest BCUT2D eigenvalue weighted by Crippen LogP contribution is 2.24. The summed E-state index contributed by atoms with van der Waals surface area (Å²) in [7, 11) is 0. The van der Waals surface area contributed by atoms with Crippen LogP contribution in [0.1, 0.15) is 31.2 Å². The van der Waals surface area contributed by atoms with E-state index in [0.717, 1.165) is 25.7 Å². The van der Waals surface area contributed by atoms with Gasteiger partial charge in [-0.3, -0.25) is 9.80 Å². The maximum atomic E-state index is 9.50. The lowest BCUT2D eigenvalue weighted by Gasteiger charge is -2.38. The molecule has 1 aliphatic heterocycles. The van der Waals surface area contributed by atoms with Crippen LogP contribution in [0, 0.1) is 0 Å². The summed E-state index contributed by atoms with van der Waals surface area (Å²) in [4.78, 5) is 5.19. The Bertz CT molecular complexity index is 407. The second-order valence-corrected chi connectivity index (χ2v) is 5.92. The lowest BCUT2D eigenvalue weighted by molar-refractivity contribution is 0.0937. The van der Waals surface area contributed by atoms with Gasteiger partial charge in [0.25, 0.3) is 0 Å². The third kappa shape index (κ3) is 3.28. The summed E-state index contributed by atoms with van der Waals surface area (Å²) < 4.78 is 0. The van der Waals surface area contributed by atoms with Crippen LogP contribution < -0.4 is 0 Å². The van der Waals surface area contributed by atoms with E-state index >= 15 is 0 Å². The highest BCUT2D eigenvalue weighted by Gasteiger charge is 2.25. The summed E-state index contributed by atoms with van der Waals surface area (Å²) in [5.41, 5.74) is 1.22. The van der Waals surface area contributed by atoms with Crippen LogP contribution in [0.3, 0.4) is 0 Å². The molecule has 3 nitrogen and oxygen atoms in total. The van der Waals surface area contributed by atoms with Crippen molar-refractivity contribution in [3.8, 4) is 5.75 Å². The van der Waals surface area contributed by atoms with Crippen molar-refractivity contribution in [3.05, 3.63) is 29.8 Å². The fourth-order valence-electron chi connectivity index (χ4n) is 3.47. The van der Waals surface area contributed by atoms with Crippen LogP contribution in [0.15, 0.2) is 24.3 Å². The number of aromatic hydroxyl groups is 1. The van der Waals surface area contributed by atoms with E-state index in [4.69, 9.17) is 0 Å². The Morgan fingerprint density at radius 3 is 2.47 bits per heavy atom. The zero-order valence-corrected chi connectivity index (χ0v) is 11.6. The van der Waals surface area contributed by atoms with E-state index in [1.807, 2.05) is 12.1 Å². The fourth-order valence-corrected chi connectivity index (χ4v) is 3.47. The van der Waals surface area contributed by atoms with E-state index in [0.29, 0.717) is 5.75 Å². The predicted molar refractivity (Wildman–Crippen MR) is 77.2 cm³/mol. The Kier molecular flexibility index (Phi) is 4.04. The van der Waals surface area contributed by atoms with Crippen LogP contribution in [0.5, 0.6) is 5.75 Å². The van der Waals surface area contributed by atoms with E-state index in [1.165, 1.54) is 44.3 Å². The summed E-state index contributed by atoms with van der Waals surface area (Å²) in [6.07, 6.45) is 5.67. The van der Waals surface area contributed by atoms with Crippen LogP contribution in [0.25, 0.3) is 0 Å². The minimum absolute atomic E-state index is 0.377. The standard InChI is InChI=1S/C16H24N2O/c19-16-7-3-4-14(12-16)13-17-8-10-18(11-9-17)15-5-1-2-6-15/h3-4,7,12,15,19H,1-2,5-6,8-11,13H2. The summed E-state index contributed by atoms with van der Waals surface area (Å²) in [5, 5.41) is 9.50. The maximum Gasteiger partial charge on any atom is 0.115 e. The molecule has 0 unspecified atom stereocenters. The molecule has 3 rings (SSSR count). The zero-order valence-electron chi connectivity index (χ0n) is 11.6. The molecule has 3 heteroatoms. The molecular weight excluding hydrogens is 236 g/mol. The van der Waals surface area contributed by atoms with Gasteiger partial charge in [0.05, 0.1) is 0 Å². The second-order valence-electron chi connectivity index (χ2n) is 5.92. The van der Waals surface area contributed by atoms with Crippen molar-refractivity contribution in [1.82, 2.24) is 9.80 Å². The summed E-state index contributed by atoms with van der Waals surface area (Å²) in [6.45, 7) is 5.71. The molecule has 19 heavy (non-hydrogen) atoms. The van der Waals surface area contributed by atoms with Gasteiger partial charge < -0.3 is 5.11 Å². The van der Waals surface area contributed by atoms with E-state index in [-0.39, 0.29) is 0 Å². The van der Waals surface area contributed by atoms with Crippen molar-refractivity contribution in [3.63, 3.8) is 0 Å². The van der Waals surface area contributed by atoms with Crippen molar-refractivity contribution in [2.45, 2.75) is 38.3 Å². The van der Waals surface area contributed by atoms with Gasteiger partial charge in [0.2, 0.25) is 0 Å². The Labute approximate surface area is 115 Å². The van der Waals surface area contributed by atoms with Gasteiger partial charge in [0, 0.05) is 38.8 Å². The monoisotopic (exact) mass is 260 g/mol. The highest BCUT2D eigenvalue weighted by atomic mass is 16.3.